The lowest BCUT2D eigenvalue weighted by Gasteiger charge is -2.30. The van der Waals surface area contributed by atoms with Crippen molar-refractivity contribution in [1.29, 1.82) is 0 Å². The van der Waals surface area contributed by atoms with E-state index in [0.717, 1.165) is 57.6 Å². The second kappa shape index (κ2) is 10.2. The van der Waals surface area contributed by atoms with Crippen molar-refractivity contribution in [2.45, 2.75) is 51.3 Å². The number of aromatic amines is 2. The first-order valence-corrected chi connectivity index (χ1v) is 13.9. The van der Waals surface area contributed by atoms with Crippen molar-refractivity contribution in [1.82, 2.24) is 30.2 Å². The van der Waals surface area contributed by atoms with E-state index in [4.69, 9.17) is 4.74 Å². The summed E-state index contributed by atoms with van der Waals surface area (Å²) in [5.41, 5.74) is 6.06. The summed E-state index contributed by atoms with van der Waals surface area (Å²) in [5, 5.41) is 14.4. The van der Waals surface area contributed by atoms with Gasteiger partial charge in [-0.1, -0.05) is 38.1 Å². The Morgan fingerprint density at radius 3 is 2.39 bits per heavy atom. The highest BCUT2D eigenvalue weighted by Gasteiger charge is 2.39. The minimum Gasteiger partial charge on any atom is -0.453 e. The molecule has 2 amide bonds. The van der Waals surface area contributed by atoms with Crippen LogP contribution < -0.4 is 5.32 Å². The van der Waals surface area contributed by atoms with Crippen LogP contribution in [0.25, 0.3) is 33.6 Å². The topological polar surface area (TPSA) is 136 Å². The number of H-pyrrole nitrogens is 2. The van der Waals surface area contributed by atoms with Crippen LogP contribution in [0.15, 0.2) is 55.1 Å². The Balaban J connectivity index is 1.27. The van der Waals surface area contributed by atoms with Crippen molar-refractivity contribution in [3.05, 3.63) is 72.1 Å². The van der Waals surface area contributed by atoms with Gasteiger partial charge in [0.05, 0.1) is 43.3 Å². The Kier molecular flexibility index (Phi) is 6.65. The van der Waals surface area contributed by atoms with Gasteiger partial charge in [0.25, 0.3) is 0 Å². The smallest absolute Gasteiger partial charge is 0.407 e. The number of nitrogens with one attached hydrogen (secondary N) is 3. The minimum atomic E-state index is -1.17. The molecule has 1 fully saturated rings. The van der Waals surface area contributed by atoms with E-state index < -0.39 is 17.7 Å². The van der Waals surface area contributed by atoms with Gasteiger partial charge >= 0.3 is 6.09 Å². The number of rotatable bonds is 6. The highest BCUT2D eigenvalue weighted by Crippen LogP contribution is 2.49. The molecule has 212 valence electrons. The second-order valence-electron chi connectivity index (χ2n) is 11.3. The molecule has 10 heteroatoms. The number of likely N-dealkylation sites (tertiary alicyclic amines) is 1. The van der Waals surface area contributed by atoms with Crippen LogP contribution in [0.5, 0.6) is 0 Å². The third kappa shape index (κ3) is 4.58. The van der Waals surface area contributed by atoms with Crippen molar-refractivity contribution in [2.75, 3.05) is 13.7 Å². The van der Waals surface area contributed by atoms with Gasteiger partial charge in [-0.3, -0.25) is 4.79 Å². The molecule has 3 heterocycles. The number of alkyl carbamates (subject to hydrolysis) is 1. The van der Waals surface area contributed by atoms with Crippen molar-refractivity contribution >= 4 is 12.0 Å². The fourth-order valence-electron chi connectivity index (χ4n) is 6.10. The van der Waals surface area contributed by atoms with Gasteiger partial charge in [-0.15, -0.1) is 0 Å². The zero-order valence-corrected chi connectivity index (χ0v) is 23.6. The zero-order chi connectivity index (χ0) is 28.9. The van der Waals surface area contributed by atoms with E-state index in [0.29, 0.717) is 12.4 Å². The molecule has 1 aliphatic heterocycles. The fourth-order valence-corrected chi connectivity index (χ4v) is 6.10. The average Bonchev–Trinajstić information content (AvgIpc) is 3.78. The number of hydrogen-bond donors (Lipinski definition) is 4. The number of aliphatic hydroxyl groups is 1. The van der Waals surface area contributed by atoms with Crippen molar-refractivity contribution in [2.24, 2.45) is 5.92 Å². The number of aromatic nitrogens is 4. The summed E-state index contributed by atoms with van der Waals surface area (Å²) in [4.78, 5) is 42.5. The van der Waals surface area contributed by atoms with Crippen LogP contribution in [0.1, 0.15) is 56.6 Å². The molecule has 4 N–H and O–H groups in total. The predicted octanol–water partition coefficient (Wildman–Crippen LogP) is 4.75. The summed E-state index contributed by atoms with van der Waals surface area (Å²) >= 11 is 0. The molecule has 6 rings (SSSR count). The second-order valence-corrected chi connectivity index (χ2v) is 11.3. The molecule has 2 aliphatic rings. The lowest BCUT2D eigenvalue weighted by atomic mass is 9.91. The van der Waals surface area contributed by atoms with Crippen LogP contribution in [0.2, 0.25) is 0 Å². The number of methoxy groups -OCH3 is 1. The first-order chi connectivity index (χ1) is 19.7. The number of fused-ring (bicyclic) bond motifs is 3. The molecule has 0 radical (unpaired) electrons. The van der Waals surface area contributed by atoms with Gasteiger partial charge in [-0.2, -0.15) is 0 Å². The lowest BCUT2D eigenvalue weighted by molar-refractivity contribution is -0.135. The summed E-state index contributed by atoms with van der Waals surface area (Å²) in [7, 11) is 1.29. The summed E-state index contributed by atoms with van der Waals surface area (Å²) < 4.78 is 4.74. The van der Waals surface area contributed by atoms with Crippen molar-refractivity contribution in [3.8, 4) is 33.6 Å². The van der Waals surface area contributed by atoms with Crippen LogP contribution in [0.3, 0.4) is 0 Å². The number of carbonyl (C=O) groups is 2. The molecule has 1 aliphatic carbocycles. The monoisotopic (exact) mass is 554 g/mol. The van der Waals surface area contributed by atoms with Crippen LogP contribution >= 0.6 is 0 Å². The molecule has 0 saturated carbocycles. The standard InChI is InChI=1S/C31H34N6O4/c1-17(2)27(36-30(39)41-4)29(38)37-11-5-6-26(37)28-33-15-25(35-28)19-8-10-21-20-9-7-18(24-14-32-16-34-24)12-22(20)31(3,40)23(21)13-19/h7-10,12-17,26-27,40H,5-6,11H2,1-4H3,(H,32,34)(H,33,35)(H,36,39)/t26?,27?,31-/m1/s1. The molecule has 41 heavy (non-hydrogen) atoms. The summed E-state index contributed by atoms with van der Waals surface area (Å²) in [6.07, 6.45) is 6.18. The van der Waals surface area contributed by atoms with E-state index in [-0.39, 0.29) is 17.9 Å². The van der Waals surface area contributed by atoms with Gasteiger partial charge in [0.1, 0.15) is 17.5 Å². The molecule has 2 aromatic heterocycles. The maximum Gasteiger partial charge on any atom is 0.407 e. The molecule has 10 nitrogen and oxygen atoms in total. The van der Waals surface area contributed by atoms with Gasteiger partial charge in [-0.05, 0) is 71.2 Å². The number of hydrogen-bond acceptors (Lipinski definition) is 6. The highest BCUT2D eigenvalue weighted by atomic mass is 16.5. The highest BCUT2D eigenvalue weighted by molar-refractivity contribution is 5.87. The normalized spacial score (nSPS) is 20.1. The van der Waals surface area contributed by atoms with E-state index in [1.807, 2.05) is 57.2 Å². The Morgan fingerprint density at radius 2 is 1.78 bits per heavy atom. The fraction of sp³-hybridized carbons (Fsp3) is 0.355. The van der Waals surface area contributed by atoms with Crippen LogP contribution in [0, 0.1) is 5.92 Å². The molecule has 1 saturated heterocycles. The maximum atomic E-state index is 13.5. The molecule has 2 unspecified atom stereocenters. The molecular weight excluding hydrogens is 520 g/mol. The molecular formula is C31H34N6O4. The third-order valence-corrected chi connectivity index (χ3v) is 8.34. The van der Waals surface area contributed by atoms with Gasteiger partial charge in [-0.25, -0.2) is 14.8 Å². The minimum absolute atomic E-state index is 0.103. The van der Waals surface area contributed by atoms with Crippen molar-refractivity contribution in [3.63, 3.8) is 0 Å². The molecule has 2 aromatic carbocycles. The van der Waals surface area contributed by atoms with Gasteiger partial charge in [0.15, 0.2) is 0 Å². The molecule has 0 bridgehead atoms. The molecule has 4 aromatic rings. The Morgan fingerprint density at radius 1 is 1.10 bits per heavy atom. The Hall–Kier alpha value is -4.44. The first-order valence-electron chi connectivity index (χ1n) is 13.9. The zero-order valence-electron chi connectivity index (χ0n) is 23.6. The summed E-state index contributed by atoms with van der Waals surface area (Å²) in [6.45, 7) is 6.21. The number of amides is 2. The average molecular weight is 555 g/mol. The maximum absolute atomic E-state index is 13.5. The lowest BCUT2D eigenvalue weighted by Crippen LogP contribution is -2.51. The summed E-state index contributed by atoms with van der Waals surface area (Å²) in [6, 6.07) is 11.3. The number of carbonyl (C=O) groups excluding carboxylic acids is 2. The Labute approximate surface area is 238 Å². The van der Waals surface area contributed by atoms with E-state index in [1.165, 1.54) is 7.11 Å². The van der Waals surface area contributed by atoms with E-state index in [1.54, 1.807) is 23.6 Å². The molecule has 3 atom stereocenters. The quantitative estimate of drug-likeness (QED) is 0.272. The van der Waals surface area contributed by atoms with E-state index in [2.05, 4.69) is 25.3 Å². The first kappa shape index (κ1) is 26.8. The summed E-state index contributed by atoms with van der Waals surface area (Å²) in [5.74, 6) is 0.451. The van der Waals surface area contributed by atoms with Gasteiger partial charge < -0.3 is 30.0 Å². The van der Waals surface area contributed by atoms with Crippen LogP contribution in [-0.4, -0.2) is 61.6 Å². The Bertz CT molecular complexity index is 1610. The third-order valence-electron chi connectivity index (χ3n) is 8.34. The predicted molar refractivity (Wildman–Crippen MR) is 154 cm³/mol. The van der Waals surface area contributed by atoms with Crippen molar-refractivity contribution < 1.29 is 19.4 Å². The van der Waals surface area contributed by atoms with Gasteiger partial charge in [0, 0.05) is 6.54 Å². The van der Waals surface area contributed by atoms with E-state index >= 15 is 0 Å². The number of ether oxygens (including phenoxy) is 1. The van der Waals surface area contributed by atoms with Gasteiger partial charge in [0.2, 0.25) is 5.91 Å². The number of nitrogens with zero attached hydrogens (tertiary/aromatic N) is 3. The van der Waals surface area contributed by atoms with Crippen LogP contribution in [0.4, 0.5) is 4.79 Å². The molecule has 0 spiro atoms. The number of imidazole rings is 2. The largest absolute Gasteiger partial charge is 0.453 e. The van der Waals surface area contributed by atoms with Crippen LogP contribution in [-0.2, 0) is 15.1 Å². The number of benzene rings is 2. The SMILES string of the molecule is COC(=O)NC(C(=O)N1CCCC1c1ncc(-c2ccc3c(c2)[C@](C)(O)c2cc(-c4cnc[nH]4)ccc2-3)[nH]1)C(C)C. The van der Waals surface area contributed by atoms with E-state index in [9.17, 15) is 14.7 Å².